The summed E-state index contributed by atoms with van der Waals surface area (Å²) in [6, 6.07) is 15.3. The molecular formula is C22H17Cl2F3N2. The van der Waals surface area contributed by atoms with Gasteiger partial charge in [-0.1, -0.05) is 59.6 Å². The summed E-state index contributed by atoms with van der Waals surface area (Å²) in [5, 5.41) is 2.10. The van der Waals surface area contributed by atoms with Crippen LogP contribution in [0.1, 0.15) is 23.1 Å². The summed E-state index contributed by atoms with van der Waals surface area (Å²) in [5.41, 5.74) is 5.73. The maximum absolute atomic E-state index is 14.3. The van der Waals surface area contributed by atoms with Crippen molar-refractivity contribution >= 4 is 39.7 Å². The molecule has 3 aromatic carbocycles. The standard InChI is InChI=1S/C22H17Cl2F3N2/c23-15-7-14(8-16(24)9-15)21(22(25,26)27)10-20(29-12-21)19-6-5-13(11-28)17-3-1-2-4-18(17)19/h1-9H,10-12,28H2. The monoisotopic (exact) mass is 436 g/mol. The molecule has 3 aromatic rings. The van der Waals surface area contributed by atoms with E-state index in [1.54, 1.807) is 6.07 Å². The molecule has 0 fully saturated rings. The third-order valence-corrected chi connectivity index (χ3v) is 5.95. The van der Waals surface area contributed by atoms with Gasteiger partial charge in [-0.05, 0) is 40.1 Å². The van der Waals surface area contributed by atoms with Crippen molar-refractivity contribution in [3.8, 4) is 0 Å². The molecule has 29 heavy (non-hydrogen) atoms. The lowest BCUT2D eigenvalue weighted by molar-refractivity contribution is -0.183. The zero-order valence-electron chi connectivity index (χ0n) is 15.2. The van der Waals surface area contributed by atoms with E-state index in [0.717, 1.165) is 16.3 Å². The molecule has 150 valence electrons. The second-order valence-electron chi connectivity index (χ2n) is 7.20. The molecule has 0 aliphatic carbocycles. The normalized spacial score (nSPS) is 19.6. The van der Waals surface area contributed by atoms with Crippen LogP contribution in [0.5, 0.6) is 0 Å². The highest BCUT2D eigenvalue weighted by atomic mass is 35.5. The summed E-state index contributed by atoms with van der Waals surface area (Å²) >= 11 is 12.0. The van der Waals surface area contributed by atoms with Gasteiger partial charge in [0.1, 0.15) is 5.41 Å². The van der Waals surface area contributed by atoms with Crippen molar-refractivity contribution in [3.63, 3.8) is 0 Å². The van der Waals surface area contributed by atoms with Crippen molar-refractivity contribution in [2.24, 2.45) is 10.7 Å². The molecule has 7 heteroatoms. The van der Waals surface area contributed by atoms with Gasteiger partial charge >= 0.3 is 6.18 Å². The molecule has 0 spiro atoms. The Morgan fingerprint density at radius 3 is 2.24 bits per heavy atom. The van der Waals surface area contributed by atoms with Crippen LogP contribution in [0, 0.1) is 0 Å². The maximum Gasteiger partial charge on any atom is 0.400 e. The van der Waals surface area contributed by atoms with Crippen molar-refractivity contribution in [3.05, 3.63) is 81.3 Å². The van der Waals surface area contributed by atoms with Gasteiger partial charge in [0.05, 0.1) is 6.54 Å². The Kier molecular flexibility index (Phi) is 5.09. The van der Waals surface area contributed by atoms with E-state index in [4.69, 9.17) is 28.9 Å². The summed E-state index contributed by atoms with van der Waals surface area (Å²) in [6.45, 7) is -0.0593. The minimum Gasteiger partial charge on any atom is -0.326 e. The minimum atomic E-state index is -4.51. The molecule has 4 rings (SSSR count). The van der Waals surface area contributed by atoms with Gasteiger partial charge in [0, 0.05) is 34.3 Å². The highest BCUT2D eigenvalue weighted by Crippen LogP contribution is 2.49. The maximum atomic E-state index is 14.3. The number of alkyl halides is 3. The zero-order valence-corrected chi connectivity index (χ0v) is 16.7. The van der Waals surface area contributed by atoms with Crippen LogP contribution in [0.15, 0.2) is 59.6 Å². The first-order valence-electron chi connectivity index (χ1n) is 9.03. The van der Waals surface area contributed by atoms with Gasteiger partial charge in [-0.25, -0.2) is 0 Å². The molecule has 1 atom stereocenters. The Morgan fingerprint density at radius 1 is 0.966 bits per heavy atom. The average molecular weight is 437 g/mol. The number of rotatable bonds is 3. The number of nitrogens with two attached hydrogens (primary N) is 1. The number of hydrogen-bond acceptors (Lipinski definition) is 2. The summed E-state index contributed by atoms with van der Waals surface area (Å²) in [5.74, 6) is 0. The zero-order chi connectivity index (χ0) is 20.8. The van der Waals surface area contributed by atoms with E-state index in [-0.39, 0.29) is 22.0 Å². The SMILES string of the molecule is NCc1ccc(C2=NCC(c3cc(Cl)cc(Cl)c3)(C(F)(F)F)C2)c2ccccc12. The number of fused-ring (bicyclic) bond motifs is 1. The van der Waals surface area contributed by atoms with Gasteiger partial charge in [0.25, 0.3) is 0 Å². The molecule has 0 bridgehead atoms. The number of aliphatic imine (C=N–C) groups is 1. The number of hydrogen-bond donors (Lipinski definition) is 1. The van der Waals surface area contributed by atoms with Gasteiger partial charge in [-0.3, -0.25) is 4.99 Å². The van der Waals surface area contributed by atoms with Gasteiger partial charge in [-0.2, -0.15) is 13.2 Å². The summed E-state index contributed by atoms with van der Waals surface area (Å²) in [7, 11) is 0. The largest absolute Gasteiger partial charge is 0.400 e. The van der Waals surface area contributed by atoms with Crippen LogP contribution < -0.4 is 5.73 Å². The van der Waals surface area contributed by atoms with Crippen molar-refractivity contribution in [2.75, 3.05) is 6.54 Å². The van der Waals surface area contributed by atoms with Crippen molar-refractivity contribution < 1.29 is 13.2 Å². The van der Waals surface area contributed by atoms with Crippen molar-refractivity contribution in [1.29, 1.82) is 0 Å². The average Bonchev–Trinajstić information content (AvgIpc) is 3.13. The quantitative estimate of drug-likeness (QED) is 0.513. The molecule has 0 radical (unpaired) electrons. The highest BCUT2D eigenvalue weighted by Gasteiger charge is 2.58. The highest BCUT2D eigenvalue weighted by molar-refractivity contribution is 6.34. The summed E-state index contributed by atoms with van der Waals surface area (Å²) in [4.78, 5) is 4.35. The molecular weight excluding hydrogens is 420 g/mol. The predicted molar refractivity (Wildman–Crippen MR) is 112 cm³/mol. The number of benzene rings is 3. The molecule has 0 saturated carbocycles. The third kappa shape index (κ3) is 3.41. The first-order chi connectivity index (χ1) is 13.7. The molecule has 1 aliphatic rings. The molecule has 1 heterocycles. The summed E-state index contributed by atoms with van der Waals surface area (Å²) in [6.07, 6.45) is -4.79. The fourth-order valence-corrected chi connectivity index (χ4v) is 4.50. The van der Waals surface area contributed by atoms with Crippen LogP contribution in [0.3, 0.4) is 0 Å². The second-order valence-corrected chi connectivity index (χ2v) is 8.07. The Bertz CT molecular complexity index is 1100. The summed E-state index contributed by atoms with van der Waals surface area (Å²) < 4.78 is 42.9. The van der Waals surface area contributed by atoms with E-state index in [1.807, 2.05) is 30.3 Å². The van der Waals surface area contributed by atoms with Crippen LogP contribution >= 0.6 is 23.2 Å². The Balaban J connectivity index is 1.83. The van der Waals surface area contributed by atoms with E-state index in [2.05, 4.69) is 4.99 Å². The lowest BCUT2D eigenvalue weighted by atomic mass is 9.76. The topological polar surface area (TPSA) is 38.4 Å². The molecule has 0 saturated heterocycles. The van der Waals surface area contributed by atoms with Gasteiger partial charge in [-0.15, -0.1) is 0 Å². The number of halogens is 5. The molecule has 1 unspecified atom stereocenters. The Hall–Kier alpha value is -2.08. The Labute approximate surface area is 176 Å². The van der Waals surface area contributed by atoms with E-state index < -0.39 is 18.1 Å². The van der Waals surface area contributed by atoms with E-state index in [0.29, 0.717) is 17.8 Å². The Morgan fingerprint density at radius 2 is 1.62 bits per heavy atom. The van der Waals surface area contributed by atoms with Gasteiger partial charge in [0.15, 0.2) is 0 Å². The smallest absolute Gasteiger partial charge is 0.326 e. The van der Waals surface area contributed by atoms with E-state index in [9.17, 15) is 13.2 Å². The predicted octanol–water partition coefficient (Wildman–Crippen LogP) is 6.30. The fourth-order valence-electron chi connectivity index (χ4n) is 3.98. The van der Waals surface area contributed by atoms with Crippen LogP contribution in [-0.2, 0) is 12.0 Å². The van der Waals surface area contributed by atoms with Crippen LogP contribution in [0.4, 0.5) is 13.2 Å². The van der Waals surface area contributed by atoms with Gasteiger partial charge in [0.2, 0.25) is 0 Å². The molecule has 2 nitrogen and oxygen atoms in total. The lowest BCUT2D eigenvalue weighted by Crippen LogP contribution is -2.43. The van der Waals surface area contributed by atoms with Crippen molar-refractivity contribution in [1.82, 2.24) is 0 Å². The lowest BCUT2D eigenvalue weighted by Gasteiger charge is -2.32. The van der Waals surface area contributed by atoms with Crippen molar-refractivity contribution in [2.45, 2.75) is 24.6 Å². The first-order valence-corrected chi connectivity index (χ1v) is 9.78. The third-order valence-electron chi connectivity index (χ3n) is 5.51. The minimum absolute atomic E-state index is 0.0316. The van der Waals surface area contributed by atoms with Gasteiger partial charge < -0.3 is 5.73 Å². The molecule has 1 aliphatic heterocycles. The van der Waals surface area contributed by atoms with E-state index in [1.165, 1.54) is 18.2 Å². The van der Waals surface area contributed by atoms with Crippen LogP contribution in [0.2, 0.25) is 10.0 Å². The fraction of sp³-hybridized carbons (Fsp3) is 0.227. The first kappa shape index (κ1) is 20.2. The molecule has 2 N–H and O–H groups in total. The van der Waals surface area contributed by atoms with Crippen LogP contribution in [0.25, 0.3) is 10.8 Å². The van der Waals surface area contributed by atoms with E-state index >= 15 is 0 Å². The molecule has 0 aromatic heterocycles. The second kappa shape index (κ2) is 7.31. The van der Waals surface area contributed by atoms with Crippen LogP contribution in [-0.4, -0.2) is 18.4 Å². The molecule has 0 amide bonds. The number of nitrogens with zero attached hydrogens (tertiary/aromatic N) is 1.